The number of hydrogen-bond acceptors (Lipinski definition) is 6. The maximum atomic E-state index is 15.7. The molecule has 3 aliphatic rings. The van der Waals surface area contributed by atoms with Crippen LogP contribution in [0.15, 0.2) is 41.3 Å². The molecular formula is C28H31F2N5O2. The first-order valence-corrected chi connectivity index (χ1v) is 13.0. The van der Waals surface area contributed by atoms with E-state index in [-0.39, 0.29) is 35.0 Å². The summed E-state index contributed by atoms with van der Waals surface area (Å²) in [6.45, 7) is 2.30. The van der Waals surface area contributed by atoms with Gasteiger partial charge in [-0.2, -0.15) is 4.39 Å². The Balaban J connectivity index is 1.27. The number of benzene rings is 1. The van der Waals surface area contributed by atoms with Crippen LogP contribution in [-0.4, -0.2) is 43.1 Å². The number of fused-ring (bicyclic) bond motifs is 2. The molecule has 3 aliphatic carbocycles. The molecule has 1 aromatic carbocycles. The molecule has 2 bridgehead atoms. The van der Waals surface area contributed by atoms with Gasteiger partial charge in [0.15, 0.2) is 17.6 Å². The predicted octanol–water partition coefficient (Wildman–Crippen LogP) is 5.02. The number of rotatable bonds is 5. The number of anilines is 1. The second-order valence-corrected chi connectivity index (χ2v) is 11.4. The Labute approximate surface area is 214 Å². The molecule has 4 atom stereocenters. The summed E-state index contributed by atoms with van der Waals surface area (Å²) in [7, 11) is 1.36. The van der Waals surface area contributed by atoms with Crippen molar-refractivity contribution in [2.75, 3.05) is 4.90 Å². The van der Waals surface area contributed by atoms with E-state index in [1.54, 1.807) is 18.3 Å². The van der Waals surface area contributed by atoms with Crippen LogP contribution in [-0.2, 0) is 7.05 Å². The van der Waals surface area contributed by atoms with Crippen LogP contribution in [0.3, 0.4) is 0 Å². The Bertz CT molecular complexity index is 1390. The Kier molecular flexibility index (Phi) is 5.76. The number of phenols is 1. The van der Waals surface area contributed by atoms with E-state index in [2.05, 4.69) is 27.0 Å². The summed E-state index contributed by atoms with van der Waals surface area (Å²) >= 11 is 0. The van der Waals surface area contributed by atoms with E-state index in [4.69, 9.17) is 0 Å². The lowest BCUT2D eigenvalue weighted by molar-refractivity contribution is 0.00942. The second-order valence-electron chi connectivity index (χ2n) is 11.4. The van der Waals surface area contributed by atoms with Gasteiger partial charge in [-0.3, -0.25) is 9.36 Å². The zero-order valence-corrected chi connectivity index (χ0v) is 21.1. The highest BCUT2D eigenvalue weighted by atomic mass is 19.1. The summed E-state index contributed by atoms with van der Waals surface area (Å²) < 4.78 is 30.6. The number of aromatic hydroxyl groups is 1. The Morgan fingerprint density at radius 2 is 1.92 bits per heavy atom. The van der Waals surface area contributed by atoms with Gasteiger partial charge in [-0.15, -0.1) is 10.2 Å². The van der Waals surface area contributed by atoms with E-state index in [9.17, 15) is 14.3 Å². The fourth-order valence-electron chi connectivity index (χ4n) is 6.43. The highest BCUT2D eigenvalue weighted by Gasteiger charge is 2.50. The number of phenolic OH excluding ortho intramolecular Hbond substituents is 1. The monoisotopic (exact) mass is 507 g/mol. The summed E-state index contributed by atoms with van der Waals surface area (Å²) in [5.41, 5.74) is 0.918. The van der Waals surface area contributed by atoms with Crippen LogP contribution >= 0.6 is 0 Å². The van der Waals surface area contributed by atoms with Gasteiger partial charge in [-0.05, 0) is 79.2 Å². The van der Waals surface area contributed by atoms with Gasteiger partial charge in [0.25, 0.3) is 5.56 Å². The molecule has 194 valence electrons. The maximum Gasteiger partial charge on any atom is 0.253 e. The van der Waals surface area contributed by atoms with Crippen molar-refractivity contribution in [3.8, 4) is 28.3 Å². The van der Waals surface area contributed by atoms with E-state index < -0.39 is 17.7 Å². The molecule has 37 heavy (non-hydrogen) atoms. The molecule has 6 rings (SSSR count). The van der Waals surface area contributed by atoms with Crippen LogP contribution in [0.4, 0.5) is 14.6 Å². The van der Waals surface area contributed by atoms with Gasteiger partial charge < -0.3 is 10.0 Å². The van der Waals surface area contributed by atoms with Crippen LogP contribution in [0.1, 0.15) is 51.9 Å². The topological polar surface area (TPSA) is 84.1 Å². The van der Waals surface area contributed by atoms with Crippen molar-refractivity contribution in [2.24, 2.45) is 18.4 Å². The number of halogens is 2. The number of hydrogen-bond donors (Lipinski definition) is 1. The first-order valence-electron chi connectivity index (χ1n) is 13.0. The van der Waals surface area contributed by atoms with E-state index in [0.29, 0.717) is 22.5 Å². The Morgan fingerprint density at radius 1 is 1.11 bits per heavy atom. The standard InChI is InChI=1S/C28H31F2N5O2/c1-28-9-3-4-17(13-28)26(30)21(14-28)35(19-6-7-19)24-15-31-27(33-32-24)20-8-5-16(10-22(20)36)18-11-23(29)34(2)25(37)12-18/h5,8,10-12,15,17,19,21,26,36H,3-4,6-7,9,13-14H2,1-2H3/t17-,21-,26+,28+/m0/s1. The summed E-state index contributed by atoms with van der Waals surface area (Å²) in [6, 6.07) is 7.35. The first-order chi connectivity index (χ1) is 17.7. The molecule has 0 amide bonds. The molecule has 3 saturated carbocycles. The minimum Gasteiger partial charge on any atom is -0.507 e. The molecule has 0 aliphatic heterocycles. The van der Waals surface area contributed by atoms with Crippen LogP contribution in [0.2, 0.25) is 0 Å². The highest BCUT2D eigenvalue weighted by Crippen LogP contribution is 2.52. The number of nitrogens with zero attached hydrogens (tertiary/aromatic N) is 5. The van der Waals surface area contributed by atoms with Crippen molar-refractivity contribution in [1.82, 2.24) is 19.7 Å². The fraction of sp³-hybridized carbons (Fsp3) is 0.500. The first kappa shape index (κ1) is 24.0. The third-order valence-corrected chi connectivity index (χ3v) is 8.52. The summed E-state index contributed by atoms with van der Waals surface area (Å²) in [5, 5.41) is 19.4. The van der Waals surface area contributed by atoms with E-state index >= 15 is 4.39 Å². The molecule has 0 unspecified atom stereocenters. The zero-order valence-electron chi connectivity index (χ0n) is 21.1. The molecule has 0 saturated heterocycles. The minimum absolute atomic E-state index is 0.104. The Morgan fingerprint density at radius 3 is 2.59 bits per heavy atom. The van der Waals surface area contributed by atoms with Gasteiger partial charge in [-0.1, -0.05) is 19.4 Å². The molecule has 2 aromatic heterocycles. The lowest BCUT2D eigenvalue weighted by Gasteiger charge is -2.51. The molecule has 7 nitrogen and oxygen atoms in total. The summed E-state index contributed by atoms with van der Waals surface area (Å²) in [6.07, 6.45) is 7.75. The van der Waals surface area contributed by atoms with Gasteiger partial charge in [0.2, 0.25) is 0 Å². The van der Waals surface area contributed by atoms with E-state index in [0.717, 1.165) is 49.5 Å². The Hall–Kier alpha value is -3.36. The van der Waals surface area contributed by atoms with Gasteiger partial charge in [-0.25, -0.2) is 9.37 Å². The van der Waals surface area contributed by atoms with Gasteiger partial charge in [0, 0.05) is 19.2 Å². The van der Waals surface area contributed by atoms with Gasteiger partial charge >= 0.3 is 0 Å². The number of aromatic nitrogens is 4. The van der Waals surface area contributed by atoms with Crippen molar-refractivity contribution >= 4 is 5.82 Å². The third-order valence-electron chi connectivity index (χ3n) is 8.52. The molecule has 3 aromatic rings. The van der Waals surface area contributed by atoms with Crippen molar-refractivity contribution in [1.29, 1.82) is 0 Å². The largest absolute Gasteiger partial charge is 0.507 e. The van der Waals surface area contributed by atoms with Crippen LogP contribution < -0.4 is 10.5 Å². The summed E-state index contributed by atoms with van der Waals surface area (Å²) in [4.78, 5) is 18.6. The second kappa shape index (κ2) is 8.89. The summed E-state index contributed by atoms with van der Waals surface area (Å²) in [5.74, 6) is 0.148. The smallest absolute Gasteiger partial charge is 0.253 e. The van der Waals surface area contributed by atoms with Gasteiger partial charge in [0.05, 0.1) is 17.8 Å². The van der Waals surface area contributed by atoms with E-state index in [1.807, 2.05) is 0 Å². The van der Waals surface area contributed by atoms with Crippen molar-refractivity contribution < 1.29 is 13.9 Å². The lowest BCUT2D eigenvalue weighted by Crippen LogP contribution is -2.54. The normalized spacial score (nSPS) is 27.2. The average molecular weight is 508 g/mol. The molecule has 9 heteroatoms. The maximum absolute atomic E-state index is 15.7. The van der Waals surface area contributed by atoms with Crippen molar-refractivity contribution in [3.05, 3.63) is 52.8 Å². The molecule has 1 N–H and O–H groups in total. The average Bonchev–Trinajstić information content (AvgIpc) is 3.71. The minimum atomic E-state index is -0.883. The van der Waals surface area contributed by atoms with Gasteiger partial charge in [0.1, 0.15) is 11.9 Å². The molecule has 3 fully saturated rings. The fourth-order valence-corrected chi connectivity index (χ4v) is 6.43. The molecule has 2 heterocycles. The zero-order chi connectivity index (χ0) is 25.9. The SMILES string of the molecule is Cn1c(F)cc(-c2ccc(-c3ncc(N(C4CC4)[C@H]4C[C@]5(C)CCC[C@@H](C5)[C@H]4F)nn3)c(O)c2)cc1=O. The predicted molar refractivity (Wildman–Crippen MR) is 136 cm³/mol. The lowest BCUT2D eigenvalue weighted by atomic mass is 9.60. The molecule has 0 radical (unpaired) electrons. The molecule has 0 spiro atoms. The number of pyridine rings is 1. The highest BCUT2D eigenvalue weighted by molar-refractivity contribution is 5.72. The quantitative estimate of drug-likeness (QED) is 0.488. The molecular weight excluding hydrogens is 476 g/mol. The van der Waals surface area contributed by atoms with Crippen molar-refractivity contribution in [2.45, 2.75) is 70.1 Å². The number of alkyl halides is 1. The third kappa shape index (κ3) is 4.38. The van der Waals surface area contributed by atoms with E-state index in [1.165, 1.54) is 25.2 Å². The van der Waals surface area contributed by atoms with Crippen LogP contribution in [0.5, 0.6) is 5.75 Å². The van der Waals surface area contributed by atoms with Crippen LogP contribution in [0, 0.1) is 17.3 Å². The van der Waals surface area contributed by atoms with Crippen LogP contribution in [0.25, 0.3) is 22.5 Å². The van der Waals surface area contributed by atoms with Crippen molar-refractivity contribution in [3.63, 3.8) is 0 Å².